The van der Waals surface area contributed by atoms with Gasteiger partial charge in [-0.1, -0.05) is 12.1 Å². The molecule has 0 bridgehead atoms. The van der Waals surface area contributed by atoms with E-state index in [1.807, 2.05) is 43.3 Å². The van der Waals surface area contributed by atoms with Crippen molar-refractivity contribution in [3.8, 4) is 16.3 Å². The van der Waals surface area contributed by atoms with Crippen LogP contribution in [0.3, 0.4) is 0 Å². The molecule has 0 unspecified atom stereocenters. The van der Waals surface area contributed by atoms with Crippen molar-refractivity contribution < 1.29 is 9.53 Å². The minimum absolute atomic E-state index is 0.0316. The number of hydrogen-bond acceptors (Lipinski definition) is 5. The van der Waals surface area contributed by atoms with Crippen LogP contribution in [0.15, 0.2) is 48.8 Å². The Kier molecular flexibility index (Phi) is 3.74. The highest BCUT2D eigenvalue weighted by atomic mass is 32.1. The maximum atomic E-state index is 13.1. The molecule has 1 aliphatic heterocycles. The standard InChI is InChI=1S/C18H15N3O2S/c1-12-16(24-17(20-12)13-5-4-8-19-11-13)18(22)21-9-10-23-15-7-3-2-6-14(15)21/h2-8,11H,9-10H2,1H3. The van der Waals surface area contributed by atoms with E-state index in [0.717, 1.165) is 27.7 Å². The summed E-state index contributed by atoms with van der Waals surface area (Å²) in [5.74, 6) is 0.711. The van der Waals surface area contributed by atoms with Gasteiger partial charge in [0, 0.05) is 18.0 Å². The van der Waals surface area contributed by atoms with Gasteiger partial charge in [-0.25, -0.2) is 4.98 Å². The summed E-state index contributed by atoms with van der Waals surface area (Å²) >= 11 is 1.41. The average Bonchev–Trinajstić information content (AvgIpc) is 3.03. The zero-order valence-electron chi connectivity index (χ0n) is 13.1. The summed E-state index contributed by atoms with van der Waals surface area (Å²) in [6, 6.07) is 11.4. The van der Waals surface area contributed by atoms with Crippen LogP contribution >= 0.6 is 11.3 Å². The number of para-hydroxylation sites is 2. The number of amides is 1. The molecular formula is C18H15N3O2S. The van der Waals surface area contributed by atoms with Gasteiger partial charge in [-0.15, -0.1) is 11.3 Å². The van der Waals surface area contributed by atoms with Gasteiger partial charge in [0.05, 0.1) is 17.9 Å². The molecule has 0 spiro atoms. The van der Waals surface area contributed by atoms with Crippen LogP contribution in [0.25, 0.3) is 10.6 Å². The summed E-state index contributed by atoms with van der Waals surface area (Å²) in [6.45, 7) is 2.90. The molecule has 1 aliphatic rings. The Morgan fingerprint density at radius 3 is 2.96 bits per heavy atom. The van der Waals surface area contributed by atoms with E-state index < -0.39 is 0 Å². The number of benzene rings is 1. The maximum absolute atomic E-state index is 13.1. The van der Waals surface area contributed by atoms with E-state index in [-0.39, 0.29) is 5.91 Å². The van der Waals surface area contributed by atoms with Crippen molar-refractivity contribution in [3.05, 3.63) is 59.4 Å². The summed E-state index contributed by atoms with van der Waals surface area (Å²) in [7, 11) is 0. The van der Waals surface area contributed by atoms with E-state index in [9.17, 15) is 4.79 Å². The van der Waals surface area contributed by atoms with Crippen LogP contribution < -0.4 is 9.64 Å². The van der Waals surface area contributed by atoms with Gasteiger partial charge in [-0.05, 0) is 31.2 Å². The van der Waals surface area contributed by atoms with Crippen LogP contribution in [0, 0.1) is 6.92 Å². The smallest absolute Gasteiger partial charge is 0.270 e. The molecule has 4 rings (SSSR count). The lowest BCUT2D eigenvalue weighted by Gasteiger charge is -2.29. The summed E-state index contributed by atoms with van der Waals surface area (Å²) in [4.78, 5) is 24.2. The molecule has 2 aromatic heterocycles. The van der Waals surface area contributed by atoms with E-state index in [2.05, 4.69) is 9.97 Å². The Labute approximate surface area is 143 Å². The lowest BCUT2D eigenvalue weighted by Crippen LogP contribution is -2.37. The number of rotatable bonds is 2. The first kappa shape index (κ1) is 14.8. The van der Waals surface area contributed by atoms with Gasteiger partial charge in [-0.2, -0.15) is 0 Å². The normalized spacial score (nSPS) is 13.3. The fourth-order valence-electron chi connectivity index (χ4n) is 2.71. The van der Waals surface area contributed by atoms with Crippen LogP contribution in [0.2, 0.25) is 0 Å². The highest BCUT2D eigenvalue weighted by molar-refractivity contribution is 7.17. The molecule has 0 radical (unpaired) electrons. The van der Waals surface area contributed by atoms with Crippen LogP contribution in [0.1, 0.15) is 15.4 Å². The van der Waals surface area contributed by atoms with Crippen LogP contribution in [-0.4, -0.2) is 29.0 Å². The minimum Gasteiger partial charge on any atom is -0.490 e. The fourth-order valence-corrected chi connectivity index (χ4v) is 3.72. The number of thiazole rings is 1. The SMILES string of the molecule is Cc1nc(-c2cccnc2)sc1C(=O)N1CCOc2ccccc21. The van der Waals surface area contributed by atoms with Crippen molar-refractivity contribution >= 4 is 22.9 Å². The molecule has 0 fully saturated rings. The lowest BCUT2D eigenvalue weighted by molar-refractivity contribution is 0.0979. The van der Waals surface area contributed by atoms with E-state index in [0.29, 0.717) is 18.0 Å². The predicted molar refractivity (Wildman–Crippen MR) is 93.7 cm³/mol. The molecule has 0 saturated heterocycles. The number of nitrogens with zero attached hydrogens (tertiary/aromatic N) is 3. The number of anilines is 1. The van der Waals surface area contributed by atoms with E-state index in [1.165, 1.54) is 11.3 Å². The lowest BCUT2D eigenvalue weighted by atomic mass is 10.2. The first-order valence-corrected chi connectivity index (χ1v) is 8.47. The molecule has 3 heterocycles. The van der Waals surface area contributed by atoms with Crippen molar-refractivity contribution in [2.45, 2.75) is 6.92 Å². The number of aryl methyl sites for hydroxylation is 1. The third kappa shape index (κ3) is 2.55. The van der Waals surface area contributed by atoms with Gasteiger partial charge in [0.15, 0.2) is 0 Å². The van der Waals surface area contributed by atoms with E-state index >= 15 is 0 Å². The zero-order chi connectivity index (χ0) is 16.5. The molecule has 0 aliphatic carbocycles. The third-order valence-corrected chi connectivity index (χ3v) is 5.07. The van der Waals surface area contributed by atoms with Gasteiger partial charge in [0.1, 0.15) is 22.2 Å². The number of ether oxygens (including phenoxy) is 1. The fraction of sp³-hybridized carbons (Fsp3) is 0.167. The Hall–Kier alpha value is -2.73. The number of carbonyl (C=O) groups excluding carboxylic acids is 1. The highest BCUT2D eigenvalue weighted by Gasteiger charge is 2.27. The average molecular weight is 337 g/mol. The minimum atomic E-state index is -0.0316. The molecule has 3 aromatic rings. The highest BCUT2D eigenvalue weighted by Crippen LogP contribution is 2.34. The van der Waals surface area contributed by atoms with Gasteiger partial charge in [0.2, 0.25) is 0 Å². The summed E-state index contributed by atoms with van der Waals surface area (Å²) < 4.78 is 5.63. The number of carbonyl (C=O) groups is 1. The molecule has 24 heavy (non-hydrogen) atoms. The van der Waals surface area contributed by atoms with Crippen LogP contribution in [0.4, 0.5) is 5.69 Å². The van der Waals surface area contributed by atoms with E-state index in [1.54, 1.807) is 17.3 Å². The Morgan fingerprint density at radius 2 is 2.12 bits per heavy atom. The number of pyridine rings is 1. The zero-order valence-corrected chi connectivity index (χ0v) is 13.9. The second-order valence-electron chi connectivity index (χ2n) is 5.45. The van der Waals surface area contributed by atoms with Crippen LogP contribution in [-0.2, 0) is 0 Å². The van der Waals surface area contributed by atoms with Crippen molar-refractivity contribution in [2.24, 2.45) is 0 Å². The molecule has 0 N–H and O–H groups in total. The molecule has 1 aromatic carbocycles. The molecule has 6 heteroatoms. The van der Waals surface area contributed by atoms with E-state index in [4.69, 9.17) is 4.74 Å². The summed E-state index contributed by atoms with van der Waals surface area (Å²) in [5.41, 5.74) is 2.48. The third-order valence-electron chi connectivity index (χ3n) is 3.87. The molecular weight excluding hydrogens is 322 g/mol. The molecule has 0 saturated carbocycles. The predicted octanol–water partition coefficient (Wildman–Crippen LogP) is 3.55. The summed E-state index contributed by atoms with van der Waals surface area (Å²) in [5, 5.41) is 0.811. The Bertz CT molecular complexity index is 892. The van der Waals surface area contributed by atoms with Gasteiger partial charge in [0.25, 0.3) is 5.91 Å². The molecule has 120 valence electrons. The second kappa shape index (κ2) is 6.05. The largest absolute Gasteiger partial charge is 0.490 e. The molecule has 5 nitrogen and oxygen atoms in total. The number of hydrogen-bond donors (Lipinski definition) is 0. The Balaban J connectivity index is 1.70. The van der Waals surface area contributed by atoms with Crippen molar-refractivity contribution in [1.29, 1.82) is 0 Å². The van der Waals surface area contributed by atoms with Gasteiger partial charge in [-0.3, -0.25) is 9.78 Å². The quantitative estimate of drug-likeness (QED) is 0.717. The number of fused-ring (bicyclic) bond motifs is 1. The topological polar surface area (TPSA) is 55.3 Å². The monoisotopic (exact) mass is 337 g/mol. The number of aromatic nitrogens is 2. The second-order valence-corrected chi connectivity index (χ2v) is 6.45. The van der Waals surface area contributed by atoms with Crippen molar-refractivity contribution in [3.63, 3.8) is 0 Å². The maximum Gasteiger partial charge on any atom is 0.270 e. The molecule has 1 amide bonds. The van der Waals surface area contributed by atoms with Crippen LogP contribution in [0.5, 0.6) is 5.75 Å². The van der Waals surface area contributed by atoms with Crippen molar-refractivity contribution in [2.75, 3.05) is 18.1 Å². The van der Waals surface area contributed by atoms with Gasteiger partial charge >= 0.3 is 0 Å². The summed E-state index contributed by atoms with van der Waals surface area (Å²) in [6.07, 6.45) is 3.48. The first-order chi connectivity index (χ1) is 11.7. The van der Waals surface area contributed by atoms with Gasteiger partial charge < -0.3 is 9.64 Å². The Morgan fingerprint density at radius 1 is 1.25 bits per heavy atom. The molecule has 0 atom stereocenters. The van der Waals surface area contributed by atoms with Crippen molar-refractivity contribution in [1.82, 2.24) is 9.97 Å². The first-order valence-electron chi connectivity index (χ1n) is 7.65.